The van der Waals surface area contributed by atoms with Crippen LogP contribution in [0.4, 0.5) is 8.78 Å². The van der Waals surface area contributed by atoms with E-state index in [2.05, 4.69) is 20.4 Å². The van der Waals surface area contributed by atoms with Crippen molar-refractivity contribution in [2.24, 2.45) is 7.05 Å². The Kier molecular flexibility index (Phi) is 5.31. The highest BCUT2D eigenvalue weighted by Gasteiger charge is 2.37. The number of nitrogens with zero attached hydrogens (tertiary/aromatic N) is 7. The molecule has 1 amide bonds. The molecule has 1 aromatic carbocycles. The number of hydrogen-bond donors (Lipinski definition) is 0. The molecular formula is C23H21F2N7O2. The highest BCUT2D eigenvalue weighted by molar-refractivity contribution is 5.92. The molecule has 0 saturated heterocycles. The average molecular weight is 465 g/mol. The zero-order valence-corrected chi connectivity index (χ0v) is 18.7. The molecule has 0 spiro atoms. The van der Waals surface area contributed by atoms with Crippen LogP contribution >= 0.6 is 0 Å². The summed E-state index contributed by atoms with van der Waals surface area (Å²) < 4.78 is 35.6. The molecule has 34 heavy (non-hydrogen) atoms. The molecule has 4 heterocycles. The lowest BCUT2D eigenvalue weighted by Gasteiger charge is -2.39. The molecule has 0 bridgehead atoms. The number of hydrogen-bond acceptors (Lipinski definition) is 6. The van der Waals surface area contributed by atoms with Gasteiger partial charge in [-0.1, -0.05) is 29.5 Å². The Hall–Kier alpha value is -4.15. The van der Waals surface area contributed by atoms with Crippen LogP contribution in [0.2, 0.25) is 0 Å². The maximum Gasteiger partial charge on any atom is 0.276 e. The minimum absolute atomic E-state index is 0.0219. The minimum atomic E-state index is -0.909. The van der Waals surface area contributed by atoms with Crippen LogP contribution < -0.4 is 4.74 Å². The summed E-state index contributed by atoms with van der Waals surface area (Å²) in [5.74, 6) is -1.90. The first-order valence-corrected chi connectivity index (χ1v) is 10.6. The Balaban J connectivity index is 1.52. The monoisotopic (exact) mass is 465 g/mol. The summed E-state index contributed by atoms with van der Waals surface area (Å²) in [6.07, 6.45) is 3.91. The number of halogens is 2. The molecule has 3 aromatic heterocycles. The van der Waals surface area contributed by atoms with Crippen molar-refractivity contribution in [1.82, 2.24) is 34.7 Å². The van der Waals surface area contributed by atoms with Gasteiger partial charge >= 0.3 is 0 Å². The lowest BCUT2D eigenvalue weighted by Crippen LogP contribution is -2.41. The Bertz CT molecular complexity index is 1380. The van der Waals surface area contributed by atoms with E-state index < -0.39 is 11.6 Å². The van der Waals surface area contributed by atoms with Gasteiger partial charge < -0.3 is 9.64 Å². The summed E-state index contributed by atoms with van der Waals surface area (Å²) in [6.45, 7) is 2.30. The number of rotatable bonds is 4. The second-order valence-electron chi connectivity index (χ2n) is 8.06. The quantitative estimate of drug-likeness (QED) is 0.460. The fraction of sp³-hybridized carbons (Fsp3) is 0.261. The van der Waals surface area contributed by atoms with E-state index in [1.54, 1.807) is 29.9 Å². The lowest BCUT2D eigenvalue weighted by molar-refractivity contribution is 0.0658. The topological polar surface area (TPSA) is 91.0 Å². The molecule has 0 N–H and O–H groups in total. The number of aromatic nitrogens is 6. The van der Waals surface area contributed by atoms with Crippen molar-refractivity contribution in [3.05, 3.63) is 82.9 Å². The van der Waals surface area contributed by atoms with Crippen LogP contribution in [0.5, 0.6) is 5.88 Å². The van der Waals surface area contributed by atoms with Gasteiger partial charge in [0.2, 0.25) is 5.88 Å². The van der Waals surface area contributed by atoms with Gasteiger partial charge in [0.1, 0.15) is 5.82 Å². The van der Waals surface area contributed by atoms with Crippen LogP contribution in [0.1, 0.15) is 46.1 Å². The van der Waals surface area contributed by atoms with E-state index in [0.29, 0.717) is 18.5 Å². The van der Waals surface area contributed by atoms with Crippen molar-refractivity contribution in [3.63, 3.8) is 0 Å². The van der Waals surface area contributed by atoms with Gasteiger partial charge in [-0.05, 0) is 18.1 Å². The normalized spacial score (nSPS) is 17.5. The SMILES string of the molecule is COc1c(C2CN(C(=O)c3cn(-c4ncc(F)cc4F)nn3)C(C)c3ccccc32)cnn1C. The van der Waals surface area contributed by atoms with Gasteiger partial charge in [0, 0.05) is 31.1 Å². The smallest absolute Gasteiger partial charge is 0.276 e. The number of carbonyl (C=O) groups is 1. The van der Waals surface area contributed by atoms with Gasteiger partial charge in [0.25, 0.3) is 5.91 Å². The second-order valence-corrected chi connectivity index (χ2v) is 8.06. The van der Waals surface area contributed by atoms with Crippen LogP contribution in [0.25, 0.3) is 5.82 Å². The molecule has 1 aliphatic rings. The molecule has 4 aromatic rings. The average Bonchev–Trinajstić information content (AvgIpc) is 3.46. The van der Waals surface area contributed by atoms with E-state index >= 15 is 0 Å². The van der Waals surface area contributed by atoms with Gasteiger partial charge in [-0.2, -0.15) is 9.78 Å². The number of ether oxygens (including phenoxy) is 1. The molecule has 1 aliphatic heterocycles. The Morgan fingerprint density at radius 2 is 1.91 bits per heavy atom. The molecule has 2 unspecified atom stereocenters. The fourth-order valence-corrected chi connectivity index (χ4v) is 4.48. The molecule has 0 fully saturated rings. The van der Waals surface area contributed by atoms with Crippen LogP contribution in [-0.2, 0) is 7.05 Å². The standard InChI is InChI=1S/C23H21F2N7O2/c1-13-15-6-4-5-7-16(15)18(17-10-27-30(2)23(17)34-3)11-31(13)22(33)20-12-32(29-28-20)21-19(25)8-14(24)9-26-21/h4-10,12-13,18H,11H2,1-3H3. The maximum atomic E-state index is 14.1. The number of methoxy groups -OCH3 is 1. The van der Waals surface area contributed by atoms with Crippen LogP contribution in [0, 0.1) is 11.6 Å². The van der Waals surface area contributed by atoms with E-state index in [0.717, 1.165) is 27.6 Å². The molecule has 5 rings (SSSR count). The molecule has 0 saturated carbocycles. The van der Waals surface area contributed by atoms with E-state index in [-0.39, 0.29) is 29.4 Å². The van der Waals surface area contributed by atoms with Gasteiger partial charge in [-0.3, -0.25) is 4.79 Å². The third kappa shape index (κ3) is 3.49. The first-order chi connectivity index (χ1) is 16.4. The fourth-order valence-electron chi connectivity index (χ4n) is 4.48. The molecule has 174 valence electrons. The van der Waals surface area contributed by atoms with Crippen LogP contribution in [0.15, 0.2) is 48.9 Å². The van der Waals surface area contributed by atoms with Gasteiger partial charge in [0.15, 0.2) is 17.3 Å². The molecule has 11 heteroatoms. The van der Waals surface area contributed by atoms with E-state index in [1.165, 1.54) is 6.20 Å². The summed E-state index contributed by atoms with van der Waals surface area (Å²) in [6, 6.07) is 8.39. The van der Waals surface area contributed by atoms with Crippen LogP contribution in [-0.4, -0.2) is 54.2 Å². The zero-order valence-electron chi connectivity index (χ0n) is 18.7. The van der Waals surface area contributed by atoms with E-state index in [1.807, 2.05) is 31.2 Å². The first-order valence-electron chi connectivity index (χ1n) is 10.6. The van der Waals surface area contributed by atoms with Crippen molar-refractivity contribution in [3.8, 4) is 11.7 Å². The van der Waals surface area contributed by atoms with Gasteiger partial charge in [-0.25, -0.2) is 18.4 Å². The maximum absolute atomic E-state index is 14.1. The number of fused-ring (bicyclic) bond motifs is 1. The van der Waals surface area contributed by atoms with E-state index in [9.17, 15) is 13.6 Å². The van der Waals surface area contributed by atoms with Crippen LogP contribution in [0.3, 0.4) is 0 Å². The van der Waals surface area contributed by atoms with Gasteiger partial charge in [0.05, 0.1) is 31.7 Å². The largest absolute Gasteiger partial charge is 0.481 e. The van der Waals surface area contributed by atoms with Crippen molar-refractivity contribution < 1.29 is 18.3 Å². The van der Waals surface area contributed by atoms with Crippen molar-refractivity contribution >= 4 is 5.91 Å². The van der Waals surface area contributed by atoms with Crippen molar-refractivity contribution in [2.75, 3.05) is 13.7 Å². The number of pyridine rings is 1. The summed E-state index contributed by atoms with van der Waals surface area (Å²) in [5, 5.41) is 12.1. The van der Waals surface area contributed by atoms with Crippen molar-refractivity contribution in [2.45, 2.75) is 18.9 Å². The molecule has 0 radical (unpaired) electrons. The third-order valence-corrected chi connectivity index (χ3v) is 6.13. The number of carbonyl (C=O) groups excluding carboxylic acids is 1. The highest BCUT2D eigenvalue weighted by atomic mass is 19.1. The Morgan fingerprint density at radius 1 is 1.15 bits per heavy atom. The summed E-state index contributed by atoms with van der Waals surface area (Å²) in [5.41, 5.74) is 2.97. The number of benzene rings is 1. The van der Waals surface area contributed by atoms with Gasteiger partial charge in [-0.15, -0.1) is 5.10 Å². The molecule has 0 aliphatic carbocycles. The molecule has 9 nitrogen and oxygen atoms in total. The number of aryl methyl sites for hydroxylation is 1. The minimum Gasteiger partial charge on any atom is -0.481 e. The predicted octanol–water partition coefficient (Wildman–Crippen LogP) is 3.03. The summed E-state index contributed by atoms with van der Waals surface area (Å²) in [4.78, 5) is 18.9. The second kappa shape index (κ2) is 8.32. The Morgan fingerprint density at radius 3 is 2.65 bits per heavy atom. The Labute approximate surface area is 193 Å². The van der Waals surface area contributed by atoms with Crippen molar-refractivity contribution in [1.29, 1.82) is 0 Å². The van der Waals surface area contributed by atoms with E-state index in [4.69, 9.17) is 4.74 Å². The zero-order chi connectivity index (χ0) is 24.0. The molecule has 2 atom stereocenters. The summed E-state index contributed by atoms with van der Waals surface area (Å²) >= 11 is 0. The number of amides is 1. The lowest BCUT2D eigenvalue weighted by atomic mass is 9.82. The highest BCUT2D eigenvalue weighted by Crippen LogP contribution is 2.42. The summed E-state index contributed by atoms with van der Waals surface area (Å²) in [7, 11) is 3.38. The predicted molar refractivity (Wildman–Crippen MR) is 117 cm³/mol. The first kappa shape index (κ1) is 21.7. The third-order valence-electron chi connectivity index (χ3n) is 6.13. The molecular weight excluding hydrogens is 444 g/mol.